The van der Waals surface area contributed by atoms with Crippen molar-refractivity contribution < 1.29 is 4.52 Å². The Labute approximate surface area is 167 Å². The number of aryl methyl sites for hydroxylation is 1. The van der Waals surface area contributed by atoms with Crippen molar-refractivity contribution in [1.29, 1.82) is 0 Å². The Hall–Kier alpha value is -2.22. The molecule has 4 heteroatoms. The normalized spacial score (nSPS) is 13.0. The SMILES string of the molecule is Cc1cc(CP(Br)(c2ccccc2)(c2ccccc2)c2ccccc2)no1. The van der Waals surface area contributed by atoms with Crippen LogP contribution >= 0.6 is 20.8 Å². The van der Waals surface area contributed by atoms with Crippen LogP contribution in [0.2, 0.25) is 0 Å². The van der Waals surface area contributed by atoms with Crippen molar-refractivity contribution in [3.05, 3.63) is 109 Å². The van der Waals surface area contributed by atoms with Crippen molar-refractivity contribution in [2.45, 2.75) is 13.1 Å². The third-order valence-corrected chi connectivity index (χ3v) is 14.5. The minimum absolute atomic E-state index is 0.751. The van der Waals surface area contributed by atoms with Crippen LogP contribution in [-0.2, 0) is 6.16 Å². The third kappa shape index (κ3) is 3.05. The first kappa shape index (κ1) is 18.2. The zero-order valence-electron chi connectivity index (χ0n) is 15.1. The molecule has 0 saturated carbocycles. The fourth-order valence-electron chi connectivity index (χ4n) is 3.73. The summed E-state index contributed by atoms with van der Waals surface area (Å²) < 4.78 is 5.41. The summed E-state index contributed by atoms with van der Waals surface area (Å²) in [6, 6.07) is 34.2. The zero-order valence-corrected chi connectivity index (χ0v) is 17.6. The molecule has 0 aliphatic carbocycles. The molecule has 0 aliphatic heterocycles. The molecule has 0 amide bonds. The molecule has 0 unspecified atom stereocenters. The van der Waals surface area contributed by atoms with Gasteiger partial charge in [0.15, 0.2) is 0 Å². The van der Waals surface area contributed by atoms with Crippen LogP contribution in [0, 0.1) is 6.92 Å². The molecule has 3 aromatic carbocycles. The van der Waals surface area contributed by atoms with Crippen LogP contribution in [0.25, 0.3) is 0 Å². The van der Waals surface area contributed by atoms with E-state index < -0.39 is 5.31 Å². The number of aromatic nitrogens is 1. The van der Waals surface area contributed by atoms with Crippen molar-refractivity contribution in [2.75, 3.05) is 0 Å². The van der Waals surface area contributed by atoms with E-state index in [1.54, 1.807) is 0 Å². The average molecular weight is 438 g/mol. The van der Waals surface area contributed by atoms with E-state index in [0.717, 1.165) is 17.6 Å². The maximum absolute atomic E-state index is 5.41. The Morgan fingerprint density at radius 1 is 0.741 bits per heavy atom. The zero-order chi connectivity index (χ0) is 18.8. The predicted octanol–water partition coefficient (Wildman–Crippen LogP) is 5.32. The first-order chi connectivity index (χ1) is 13.1. The molecule has 136 valence electrons. The molecule has 0 spiro atoms. The number of hydrogen-bond donors (Lipinski definition) is 0. The van der Waals surface area contributed by atoms with E-state index in [9.17, 15) is 0 Å². The fraction of sp³-hybridized carbons (Fsp3) is 0.0870. The molecule has 1 heterocycles. The Morgan fingerprint density at radius 2 is 1.15 bits per heavy atom. The van der Waals surface area contributed by atoms with E-state index >= 15 is 0 Å². The molecule has 4 rings (SSSR count). The molecule has 1 aromatic heterocycles. The summed E-state index contributed by atoms with van der Waals surface area (Å²) in [5, 5.41) is 5.21. The Bertz CT molecular complexity index is 932. The van der Waals surface area contributed by atoms with Gasteiger partial charge in [-0.25, -0.2) is 0 Å². The van der Waals surface area contributed by atoms with Gasteiger partial charge in [-0.05, 0) is 0 Å². The van der Waals surface area contributed by atoms with Crippen LogP contribution in [-0.4, -0.2) is 5.16 Å². The van der Waals surface area contributed by atoms with Gasteiger partial charge >= 0.3 is 168 Å². The second-order valence-corrected chi connectivity index (χ2v) is 15.7. The molecular formula is C23H21BrNOP. The van der Waals surface area contributed by atoms with E-state index in [1.165, 1.54) is 15.9 Å². The second-order valence-electron chi connectivity index (χ2n) is 6.78. The van der Waals surface area contributed by atoms with Crippen LogP contribution in [0.4, 0.5) is 0 Å². The fourth-order valence-corrected chi connectivity index (χ4v) is 11.2. The standard InChI is InChI=1S/C23H21BrNOP/c1-19-17-20(25-26-19)18-27(24,21-11-5-2-6-12-21,22-13-7-3-8-14-22)23-15-9-4-10-16-23/h2-17H,18H2,1H3. The topological polar surface area (TPSA) is 26.0 Å². The summed E-state index contributed by atoms with van der Waals surface area (Å²) in [6.45, 7) is 1.94. The summed E-state index contributed by atoms with van der Waals surface area (Å²) in [5.74, 6) is 0.830. The molecule has 2 nitrogen and oxygen atoms in total. The van der Waals surface area contributed by atoms with E-state index in [4.69, 9.17) is 4.52 Å². The first-order valence-corrected chi connectivity index (χ1v) is 13.4. The summed E-state index contributed by atoms with van der Waals surface area (Å²) in [5.41, 5.74) is 0.957. The van der Waals surface area contributed by atoms with Crippen LogP contribution in [0.1, 0.15) is 11.5 Å². The van der Waals surface area contributed by atoms with Gasteiger partial charge in [0.2, 0.25) is 0 Å². The van der Waals surface area contributed by atoms with Gasteiger partial charge in [0.25, 0.3) is 0 Å². The van der Waals surface area contributed by atoms with Gasteiger partial charge in [-0.1, -0.05) is 0 Å². The van der Waals surface area contributed by atoms with Gasteiger partial charge in [0.05, 0.1) is 0 Å². The van der Waals surface area contributed by atoms with E-state index in [1.807, 2.05) is 13.0 Å². The molecule has 0 radical (unpaired) electrons. The van der Waals surface area contributed by atoms with Crippen molar-refractivity contribution >= 4 is 36.7 Å². The molecule has 0 N–H and O–H groups in total. The van der Waals surface area contributed by atoms with E-state index in [-0.39, 0.29) is 0 Å². The monoisotopic (exact) mass is 437 g/mol. The van der Waals surface area contributed by atoms with Crippen molar-refractivity contribution in [2.24, 2.45) is 0 Å². The molecule has 4 aromatic rings. The van der Waals surface area contributed by atoms with Gasteiger partial charge in [-0.2, -0.15) is 0 Å². The van der Waals surface area contributed by atoms with Crippen LogP contribution < -0.4 is 15.9 Å². The van der Waals surface area contributed by atoms with Gasteiger partial charge in [0, 0.05) is 0 Å². The number of nitrogens with zero attached hydrogens (tertiary/aromatic N) is 1. The third-order valence-electron chi connectivity index (χ3n) is 5.02. The Balaban J connectivity index is 2.09. The van der Waals surface area contributed by atoms with Gasteiger partial charge in [-0.3, -0.25) is 0 Å². The number of rotatable bonds is 5. The molecular weight excluding hydrogens is 417 g/mol. The molecule has 0 aliphatic rings. The quantitative estimate of drug-likeness (QED) is 0.394. The van der Waals surface area contributed by atoms with Crippen molar-refractivity contribution in [3.8, 4) is 0 Å². The summed E-state index contributed by atoms with van der Waals surface area (Å²) in [4.78, 5) is 0. The molecule has 0 fully saturated rings. The van der Waals surface area contributed by atoms with E-state index in [2.05, 4.69) is 112 Å². The van der Waals surface area contributed by atoms with Crippen molar-refractivity contribution in [1.82, 2.24) is 5.16 Å². The summed E-state index contributed by atoms with van der Waals surface area (Å²) >= 11 is 4.41. The summed E-state index contributed by atoms with van der Waals surface area (Å²) in [6.07, 6.45) is 0.751. The van der Waals surface area contributed by atoms with Crippen LogP contribution in [0.5, 0.6) is 0 Å². The molecule has 0 saturated heterocycles. The number of benzene rings is 3. The van der Waals surface area contributed by atoms with Gasteiger partial charge < -0.3 is 0 Å². The first-order valence-electron chi connectivity index (χ1n) is 8.93. The van der Waals surface area contributed by atoms with Gasteiger partial charge in [0.1, 0.15) is 0 Å². The van der Waals surface area contributed by atoms with Gasteiger partial charge in [-0.15, -0.1) is 0 Å². The van der Waals surface area contributed by atoms with Crippen LogP contribution in [0.3, 0.4) is 0 Å². The van der Waals surface area contributed by atoms with E-state index in [0.29, 0.717) is 0 Å². The number of hydrogen-bond acceptors (Lipinski definition) is 2. The minimum atomic E-state index is -2.98. The molecule has 27 heavy (non-hydrogen) atoms. The summed E-state index contributed by atoms with van der Waals surface area (Å²) in [7, 11) is 0. The van der Waals surface area contributed by atoms with Crippen molar-refractivity contribution in [3.63, 3.8) is 0 Å². The molecule has 0 bridgehead atoms. The Kier molecular flexibility index (Phi) is 4.75. The Morgan fingerprint density at radius 3 is 1.48 bits per heavy atom. The predicted molar refractivity (Wildman–Crippen MR) is 119 cm³/mol. The average Bonchev–Trinajstić information content (AvgIpc) is 3.14. The molecule has 0 atom stereocenters. The second kappa shape index (κ2) is 7.07. The van der Waals surface area contributed by atoms with Crippen LogP contribution in [0.15, 0.2) is 102 Å². The number of halogens is 1. The maximum atomic E-state index is 5.41.